The van der Waals surface area contributed by atoms with Crippen LogP contribution in [0.4, 0.5) is 0 Å². The largest absolute Gasteiger partial charge is 0.490 e. The standard InChI is InChI=1S/C29H28N2O3/c1-3-21(2)34-27-19-18-22-12-10-11-17-25(22)26(27)20-30-31-28(32)29(33,23-13-6-4-7-14-23)24-15-8-5-9-16-24/h4-21,33H,3H2,1-2H3,(H,31,32)/b30-20-/t21-/m1/s1. The SMILES string of the molecule is CC[C@@H](C)Oc1ccc2ccccc2c1/C=N\NC(=O)C(O)(c1ccccc1)c1ccccc1. The topological polar surface area (TPSA) is 70.9 Å². The number of aliphatic hydroxyl groups is 1. The lowest BCUT2D eigenvalue weighted by molar-refractivity contribution is -0.136. The number of rotatable bonds is 8. The molecule has 0 bridgehead atoms. The van der Waals surface area contributed by atoms with E-state index >= 15 is 0 Å². The Morgan fingerprint density at radius 2 is 1.53 bits per heavy atom. The van der Waals surface area contributed by atoms with Crippen molar-refractivity contribution in [1.29, 1.82) is 0 Å². The van der Waals surface area contributed by atoms with E-state index < -0.39 is 11.5 Å². The molecule has 0 aliphatic carbocycles. The van der Waals surface area contributed by atoms with E-state index in [1.54, 1.807) is 54.7 Å². The average molecular weight is 453 g/mol. The van der Waals surface area contributed by atoms with E-state index in [-0.39, 0.29) is 6.10 Å². The Balaban J connectivity index is 1.68. The van der Waals surface area contributed by atoms with Crippen molar-refractivity contribution < 1.29 is 14.6 Å². The van der Waals surface area contributed by atoms with Crippen LogP contribution in [0.1, 0.15) is 37.0 Å². The average Bonchev–Trinajstić information content (AvgIpc) is 2.90. The van der Waals surface area contributed by atoms with Crippen molar-refractivity contribution in [3.63, 3.8) is 0 Å². The van der Waals surface area contributed by atoms with Crippen LogP contribution in [0.25, 0.3) is 10.8 Å². The molecule has 2 N–H and O–H groups in total. The van der Waals surface area contributed by atoms with Crippen molar-refractivity contribution in [2.75, 3.05) is 0 Å². The molecule has 34 heavy (non-hydrogen) atoms. The van der Waals surface area contributed by atoms with E-state index in [4.69, 9.17) is 4.74 Å². The maximum atomic E-state index is 13.3. The zero-order valence-corrected chi connectivity index (χ0v) is 19.3. The van der Waals surface area contributed by atoms with Crippen LogP contribution in [0.2, 0.25) is 0 Å². The quantitative estimate of drug-likeness (QED) is 0.278. The highest BCUT2D eigenvalue weighted by Gasteiger charge is 2.39. The lowest BCUT2D eigenvalue weighted by Crippen LogP contribution is -2.43. The lowest BCUT2D eigenvalue weighted by Gasteiger charge is -2.27. The molecule has 5 heteroatoms. The van der Waals surface area contributed by atoms with E-state index in [1.807, 2.05) is 55.5 Å². The third kappa shape index (κ3) is 4.70. The lowest BCUT2D eigenvalue weighted by atomic mass is 9.85. The molecule has 0 saturated heterocycles. The van der Waals surface area contributed by atoms with Crippen molar-refractivity contribution in [3.8, 4) is 5.75 Å². The van der Waals surface area contributed by atoms with Gasteiger partial charge in [-0.3, -0.25) is 4.79 Å². The molecular weight excluding hydrogens is 424 g/mol. The Morgan fingerprint density at radius 3 is 2.15 bits per heavy atom. The van der Waals surface area contributed by atoms with Gasteiger partial charge in [-0.15, -0.1) is 0 Å². The van der Waals surface area contributed by atoms with Gasteiger partial charge in [0.05, 0.1) is 12.3 Å². The first-order valence-electron chi connectivity index (χ1n) is 11.4. The highest BCUT2D eigenvalue weighted by atomic mass is 16.5. The predicted molar refractivity (Wildman–Crippen MR) is 136 cm³/mol. The fourth-order valence-electron chi connectivity index (χ4n) is 3.84. The number of carbonyl (C=O) groups is 1. The molecule has 0 aliphatic rings. The normalized spacial score (nSPS) is 12.6. The summed E-state index contributed by atoms with van der Waals surface area (Å²) in [5.41, 5.74) is 2.34. The molecular formula is C29H28N2O3. The first-order chi connectivity index (χ1) is 16.5. The van der Waals surface area contributed by atoms with Crippen LogP contribution in [0.5, 0.6) is 5.75 Å². The maximum absolute atomic E-state index is 13.3. The second kappa shape index (κ2) is 10.3. The molecule has 4 aromatic carbocycles. The van der Waals surface area contributed by atoms with Gasteiger partial charge in [0.25, 0.3) is 5.91 Å². The minimum absolute atomic E-state index is 0.0316. The summed E-state index contributed by atoms with van der Waals surface area (Å²) in [5.74, 6) is 0.0400. The number of hydrazone groups is 1. The minimum atomic E-state index is -1.89. The summed E-state index contributed by atoms with van der Waals surface area (Å²) in [6.07, 6.45) is 2.47. The van der Waals surface area contributed by atoms with Gasteiger partial charge >= 0.3 is 0 Å². The fraction of sp³-hybridized carbons (Fsp3) is 0.172. The Kier molecular flexibility index (Phi) is 7.04. The number of nitrogens with zero attached hydrogens (tertiary/aromatic N) is 1. The van der Waals surface area contributed by atoms with Gasteiger partial charge < -0.3 is 9.84 Å². The number of fused-ring (bicyclic) bond motifs is 1. The van der Waals surface area contributed by atoms with Crippen LogP contribution in [-0.2, 0) is 10.4 Å². The van der Waals surface area contributed by atoms with Gasteiger partial charge in [-0.05, 0) is 41.3 Å². The molecule has 172 valence electrons. The second-order valence-electron chi connectivity index (χ2n) is 8.18. The maximum Gasteiger partial charge on any atom is 0.281 e. The minimum Gasteiger partial charge on any atom is -0.490 e. The molecule has 0 saturated carbocycles. The number of benzene rings is 4. The highest BCUT2D eigenvalue weighted by Crippen LogP contribution is 2.30. The molecule has 1 amide bonds. The second-order valence-corrected chi connectivity index (χ2v) is 8.18. The van der Waals surface area contributed by atoms with Crippen molar-refractivity contribution in [2.45, 2.75) is 32.0 Å². The van der Waals surface area contributed by atoms with Gasteiger partial charge in [0.1, 0.15) is 5.75 Å². The summed E-state index contributed by atoms with van der Waals surface area (Å²) in [6.45, 7) is 4.07. The van der Waals surface area contributed by atoms with Gasteiger partial charge in [0.15, 0.2) is 5.60 Å². The molecule has 0 heterocycles. The monoisotopic (exact) mass is 452 g/mol. The Morgan fingerprint density at radius 1 is 0.941 bits per heavy atom. The van der Waals surface area contributed by atoms with Crippen molar-refractivity contribution in [3.05, 3.63) is 114 Å². The number of hydrogen-bond acceptors (Lipinski definition) is 4. The Labute approximate surface area is 199 Å². The third-order valence-corrected chi connectivity index (χ3v) is 5.91. The molecule has 0 aliphatic heterocycles. The van der Waals surface area contributed by atoms with Crippen LogP contribution in [0, 0.1) is 0 Å². The molecule has 0 aromatic heterocycles. The van der Waals surface area contributed by atoms with Gasteiger partial charge in [0.2, 0.25) is 0 Å². The van der Waals surface area contributed by atoms with E-state index in [0.717, 1.165) is 22.8 Å². The predicted octanol–water partition coefficient (Wildman–Crippen LogP) is 5.40. The number of ether oxygens (including phenoxy) is 1. The fourth-order valence-corrected chi connectivity index (χ4v) is 3.84. The van der Waals surface area contributed by atoms with Crippen LogP contribution in [-0.4, -0.2) is 23.3 Å². The molecule has 1 atom stereocenters. The molecule has 0 spiro atoms. The molecule has 0 radical (unpaired) electrons. The Hall–Kier alpha value is -3.96. The summed E-state index contributed by atoms with van der Waals surface area (Å²) >= 11 is 0. The first-order valence-corrected chi connectivity index (χ1v) is 11.4. The number of carbonyl (C=O) groups excluding carboxylic acids is 1. The summed E-state index contributed by atoms with van der Waals surface area (Å²) in [4.78, 5) is 13.3. The van der Waals surface area contributed by atoms with Crippen LogP contribution < -0.4 is 10.2 Å². The Bertz CT molecular complexity index is 1250. The van der Waals surface area contributed by atoms with Crippen molar-refractivity contribution in [1.82, 2.24) is 5.43 Å². The third-order valence-electron chi connectivity index (χ3n) is 5.91. The molecule has 5 nitrogen and oxygen atoms in total. The van der Waals surface area contributed by atoms with E-state index in [2.05, 4.69) is 17.5 Å². The van der Waals surface area contributed by atoms with Crippen LogP contribution in [0.3, 0.4) is 0 Å². The first kappa shape index (κ1) is 23.2. The number of nitrogens with one attached hydrogen (secondary N) is 1. The zero-order chi connectivity index (χ0) is 24.0. The molecule has 4 aromatic rings. The van der Waals surface area contributed by atoms with Crippen molar-refractivity contribution >= 4 is 22.9 Å². The van der Waals surface area contributed by atoms with Gasteiger partial charge in [-0.2, -0.15) is 5.10 Å². The van der Waals surface area contributed by atoms with Crippen molar-refractivity contribution in [2.24, 2.45) is 5.10 Å². The van der Waals surface area contributed by atoms with E-state index in [1.165, 1.54) is 0 Å². The smallest absolute Gasteiger partial charge is 0.281 e. The van der Waals surface area contributed by atoms with Gasteiger partial charge in [0, 0.05) is 5.56 Å². The summed E-state index contributed by atoms with van der Waals surface area (Å²) in [6, 6.07) is 29.6. The number of amides is 1. The van der Waals surface area contributed by atoms with E-state index in [0.29, 0.717) is 16.9 Å². The molecule has 4 rings (SSSR count). The zero-order valence-electron chi connectivity index (χ0n) is 19.3. The summed E-state index contributed by atoms with van der Waals surface area (Å²) in [7, 11) is 0. The summed E-state index contributed by atoms with van der Waals surface area (Å²) in [5, 5.41) is 17.8. The number of hydrogen-bond donors (Lipinski definition) is 2. The molecule has 0 unspecified atom stereocenters. The van der Waals surface area contributed by atoms with E-state index in [9.17, 15) is 9.90 Å². The summed E-state index contributed by atoms with van der Waals surface area (Å²) < 4.78 is 6.11. The van der Waals surface area contributed by atoms with Gasteiger partial charge in [-0.1, -0.05) is 97.9 Å². The van der Waals surface area contributed by atoms with Gasteiger partial charge in [-0.25, -0.2) is 5.43 Å². The molecule has 0 fully saturated rings. The van der Waals surface area contributed by atoms with Crippen LogP contribution in [0.15, 0.2) is 102 Å². The highest BCUT2D eigenvalue weighted by molar-refractivity contribution is 6.03. The van der Waals surface area contributed by atoms with Crippen LogP contribution >= 0.6 is 0 Å².